The average Bonchev–Trinajstić information content (AvgIpc) is 2.83. The maximum Gasteiger partial charge on any atom is 0.410 e. The molecule has 7 nitrogen and oxygen atoms in total. The summed E-state index contributed by atoms with van der Waals surface area (Å²) in [4.78, 5) is 29.4. The van der Waals surface area contributed by atoms with Crippen LogP contribution in [0.4, 0.5) is 9.59 Å². The van der Waals surface area contributed by atoms with E-state index < -0.39 is 11.7 Å². The van der Waals surface area contributed by atoms with Gasteiger partial charge in [-0.3, -0.25) is 0 Å². The molecule has 1 aromatic heterocycles. The van der Waals surface area contributed by atoms with Crippen LogP contribution in [0, 0.1) is 6.92 Å². The summed E-state index contributed by atoms with van der Waals surface area (Å²) in [5.41, 5.74) is 0.412. The molecule has 0 unspecified atom stereocenters. The molecule has 2 N–H and O–H groups in total. The van der Waals surface area contributed by atoms with Gasteiger partial charge in [-0.05, 0) is 34.6 Å². The minimum atomic E-state index is -0.530. The largest absolute Gasteiger partial charge is 0.444 e. The predicted octanol–water partition coefficient (Wildman–Crippen LogP) is 2.68. The van der Waals surface area contributed by atoms with E-state index in [1.807, 2.05) is 40.0 Å². The van der Waals surface area contributed by atoms with Crippen LogP contribution < -0.4 is 10.6 Å². The lowest BCUT2D eigenvalue weighted by Gasteiger charge is -2.24. The monoisotopic (exact) mass is 342 g/mol. The van der Waals surface area contributed by atoms with Crippen LogP contribution in [0.15, 0.2) is 5.38 Å². The molecule has 1 atom stereocenters. The number of likely N-dealkylation sites (N-methyl/N-ethyl adjacent to an activating group) is 1. The first-order chi connectivity index (χ1) is 10.6. The van der Waals surface area contributed by atoms with Crippen LogP contribution in [-0.4, -0.2) is 47.7 Å². The van der Waals surface area contributed by atoms with Crippen molar-refractivity contribution in [1.29, 1.82) is 0 Å². The van der Waals surface area contributed by atoms with Gasteiger partial charge in [-0.15, -0.1) is 11.3 Å². The molecule has 1 heterocycles. The zero-order valence-corrected chi connectivity index (χ0v) is 15.4. The molecule has 1 aromatic rings. The van der Waals surface area contributed by atoms with Gasteiger partial charge in [0.2, 0.25) is 0 Å². The number of rotatable bonds is 5. The molecule has 0 aliphatic carbocycles. The lowest BCUT2D eigenvalue weighted by molar-refractivity contribution is 0.0301. The molecule has 0 radical (unpaired) electrons. The smallest absolute Gasteiger partial charge is 0.410 e. The van der Waals surface area contributed by atoms with Gasteiger partial charge in [0.05, 0.1) is 6.04 Å². The van der Waals surface area contributed by atoms with Gasteiger partial charge in [0.15, 0.2) is 0 Å². The van der Waals surface area contributed by atoms with E-state index in [1.165, 1.54) is 16.2 Å². The van der Waals surface area contributed by atoms with Crippen molar-refractivity contribution in [3.63, 3.8) is 0 Å². The van der Waals surface area contributed by atoms with Crippen molar-refractivity contribution in [3.8, 4) is 0 Å². The van der Waals surface area contributed by atoms with E-state index in [1.54, 1.807) is 7.05 Å². The SMILES string of the molecule is Cc1csc([C@@H](C)NC(=O)NCCN(C)C(=O)OC(C)(C)C)n1. The number of hydrogen-bond acceptors (Lipinski definition) is 5. The molecular weight excluding hydrogens is 316 g/mol. The molecule has 0 saturated heterocycles. The molecule has 0 spiro atoms. The predicted molar refractivity (Wildman–Crippen MR) is 90.7 cm³/mol. The number of thiazole rings is 1. The van der Waals surface area contributed by atoms with Gasteiger partial charge in [-0.1, -0.05) is 0 Å². The van der Waals surface area contributed by atoms with E-state index in [-0.39, 0.29) is 12.1 Å². The van der Waals surface area contributed by atoms with Crippen LogP contribution >= 0.6 is 11.3 Å². The van der Waals surface area contributed by atoms with Crippen LogP contribution in [0.1, 0.15) is 44.4 Å². The number of amides is 3. The van der Waals surface area contributed by atoms with Crippen molar-refractivity contribution in [1.82, 2.24) is 20.5 Å². The highest BCUT2D eigenvalue weighted by Crippen LogP contribution is 2.17. The molecule has 3 amide bonds. The summed E-state index contributed by atoms with van der Waals surface area (Å²) >= 11 is 1.51. The minimum absolute atomic E-state index is 0.155. The Morgan fingerprint density at radius 3 is 2.61 bits per heavy atom. The Labute approximate surface area is 141 Å². The fourth-order valence-electron chi connectivity index (χ4n) is 1.65. The summed E-state index contributed by atoms with van der Waals surface area (Å²) in [5, 5.41) is 8.34. The summed E-state index contributed by atoms with van der Waals surface area (Å²) in [7, 11) is 1.63. The Balaban J connectivity index is 2.29. The quantitative estimate of drug-likeness (QED) is 0.862. The average molecular weight is 342 g/mol. The number of aryl methyl sites for hydroxylation is 1. The van der Waals surface area contributed by atoms with E-state index in [9.17, 15) is 9.59 Å². The van der Waals surface area contributed by atoms with Gasteiger partial charge >= 0.3 is 12.1 Å². The number of nitrogens with one attached hydrogen (secondary N) is 2. The number of aromatic nitrogens is 1. The van der Waals surface area contributed by atoms with Crippen LogP contribution in [0.3, 0.4) is 0 Å². The highest BCUT2D eigenvalue weighted by atomic mass is 32.1. The maximum atomic E-state index is 11.8. The summed E-state index contributed by atoms with van der Waals surface area (Å²) in [6.45, 7) is 9.94. The summed E-state index contributed by atoms with van der Waals surface area (Å²) in [6, 6.07) is -0.444. The minimum Gasteiger partial charge on any atom is -0.444 e. The van der Waals surface area contributed by atoms with E-state index in [2.05, 4.69) is 15.6 Å². The third-order valence-electron chi connectivity index (χ3n) is 2.79. The van der Waals surface area contributed by atoms with Gasteiger partial charge in [0.25, 0.3) is 0 Å². The number of ether oxygens (including phenoxy) is 1. The number of carbonyl (C=O) groups excluding carboxylic acids is 2. The Hall–Kier alpha value is -1.83. The molecule has 0 aromatic carbocycles. The molecule has 23 heavy (non-hydrogen) atoms. The highest BCUT2D eigenvalue weighted by molar-refractivity contribution is 7.09. The summed E-state index contributed by atoms with van der Waals surface area (Å²) in [6.07, 6.45) is -0.411. The molecule has 130 valence electrons. The summed E-state index contributed by atoms with van der Waals surface area (Å²) < 4.78 is 5.23. The number of urea groups is 1. The number of nitrogens with zero attached hydrogens (tertiary/aromatic N) is 2. The van der Waals surface area contributed by atoms with Crippen LogP contribution in [0.2, 0.25) is 0 Å². The van der Waals surface area contributed by atoms with Crippen molar-refractivity contribution in [3.05, 3.63) is 16.1 Å². The van der Waals surface area contributed by atoms with E-state index in [0.717, 1.165) is 10.7 Å². The van der Waals surface area contributed by atoms with E-state index in [4.69, 9.17) is 4.74 Å². The van der Waals surface area contributed by atoms with Crippen molar-refractivity contribution in [2.24, 2.45) is 0 Å². The van der Waals surface area contributed by atoms with E-state index in [0.29, 0.717) is 13.1 Å². The topological polar surface area (TPSA) is 83.6 Å². The van der Waals surface area contributed by atoms with Crippen LogP contribution in [-0.2, 0) is 4.74 Å². The molecule has 0 aliphatic heterocycles. The lowest BCUT2D eigenvalue weighted by Crippen LogP contribution is -2.42. The van der Waals surface area contributed by atoms with Gasteiger partial charge in [0, 0.05) is 31.2 Å². The molecule has 8 heteroatoms. The number of hydrogen-bond donors (Lipinski definition) is 2. The highest BCUT2D eigenvalue weighted by Gasteiger charge is 2.19. The maximum absolute atomic E-state index is 11.8. The zero-order chi connectivity index (χ0) is 17.6. The second-order valence-electron chi connectivity index (χ2n) is 6.35. The van der Waals surface area contributed by atoms with E-state index >= 15 is 0 Å². The second-order valence-corrected chi connectivity index (χ2v) is 7.24. The van der Waals surface area contributed by atoms with Crippen LogP contribution in [0.25, 0.3) is 0 Å². The Bertz CT molecular complexity index is 539. The Morgan fingerprint density at radius 1 is 1.43 bits per heavy atom. The van der Waals surface area contributed by atoms with Crippen molar-refractivity contribution in [2.45, 2.75) is 46.3 Å². The fourth-order valence-corrected chi connectivity index (χ4v) is 2.45. The van der Waals surface area contributed by atoms with Crippen molar-refractivity contribution >= 4 is 23.5 Å². The molecule has 0 aliphatic rings. The lowest BCUT2D eigenvalue weighted by atomic mass is 10.2. The molecule has 0 fully saturated rings. The fraction of sp³-hybridized carbons (Fsp3) is 0.667. The normalized spacial score (nSPS) is 12.4. The summed E-state index contributed by atoms with van der Waals surface area (Å²) in [5.74, 6) is 0. The van der Waals surface area contributed by atoms with Gasteiger partial charge in [-0.25, -0.2) is 14.6 Å². The Kier molecular flexibility index (Phi) is 6.80. The molecular formula is C15H26N4O3S. The van der Waals surface area contributed by atoms with Crippen LogP contribution in [0.5, 0.6) is 0 Å². The molecule has 0 bridgehead atoms. The third-order valence-corrected chi connectivity index (χ3v) is 3.94. The van der Waals surface area contributed by atoms with Gasteiger partial charge in [0.1, 0.15) is 10.6 Å². The van der Waals surface area contributed by atoms with Crippen molar-refractivity contribution < 1.29 is 14.3 Å². The first kappa shape index (κ1) is 19.2. The second kappa shape index (κ2) is 8.14. The molecule has 1 rings (SSSR count). The van der Waals surface area contributed by atoms with Gasteiger partial charge < -0.3 is 20.3 Å². The standard InChI is InChI=1S/C15H26N4O3S/c1-10-9-23-12(17-10)11(2)18-13(20)16-7-8-19(6)14(21)22-15(3,4)5/h9,11H,7-8H2,1-6H3,(H2,16,18,20)/t11-/m1/s1. The third kappa shape index (κ3) is 7.32. The first-order valence-corrected chi connectivity index (χ1v) is 8.37. The first-order valence-electron chi connectivity index (χ1n) is 7.49. The Morgan fingerprint density at radius 2 is 2.09 bits per heavy atom. The zero-order valence-electron chi connectivity index (χ0n) is 14.6. The molecule has 0 saturated carbocycles. The number of carbonyl (C=O) groups is 2. The van der Waals surface area contributed by atoms with Crippen molar-refractivity contribution in [2.75, 3.05) is 20.1 Å². The van der Waals surface area contributed by atoms with Gasteiger partial charge in [-0.2, -0.15) is 0 Å².